The Labute approximate surface area is 169 Å². The maximum Gasteiger partial charge on any atom is 0.243 e. The minimum atomic E-state index is -3.55. The number of anilines is 2. The number of ether oxygens (including phenoxy) is 1. The fourth-order valence-corrected chi connectivity index (χ4v) is 5.09. The molecule has 28 heavy (non-hydrogen) atoms. The summed E-state index contributed by atoms with van der Waals surface area (Å²) in [6, 6.07) is 8.25. The molecule has 0 aliphatic carbocycles. The lowest BCUT2D eigenvalue weighted by Gasteiger charge is -2.35. The molecular formula is C18H22ClN5O3S. The highest BCUT2D eigenvalue weighted by atomic mass is 35.5. The molecular weight excluding hydrogens is 402 g/mol. The van der Waals surface area contributed by atoms with E-state index < -0.39 is 10.0 Å². The van der Waals surface area contributed by atoms with Crippen molar-refractivity contribution in [2.75, 3.05) is 62.3 Å². The number of hydrogen-bond acceptors (Lipinski definition) is 7. The molecule has 2 aliphatic heterocycles. The number of benzene rings is 1. The van der Waals surface area contributed by atoms with Crippen LogP contribution in [0.3, 0.4) is 0 Å². The lowest BCUT2D eigenvalue weighted by Crippen LogP contribution is -2.49. The third-order valence-corrected chi connectivity index (χ3v) is 7.05. The average Bonchev–Trinajstić information content (AvgIpc) is 2.74. The molecule has 0 bridgehead atoms. The molecule has 1 aromatic heterocycles. The lowest BCUT2D eigenvalue weighted by molar-refractivity contribution is 0.122. The molecule has 150 valence electrons. The number of halogens is 1. The molecule has 0 atom stereocenters. The summed E-state index contributed by atoms with van der Waals surface area (Å²) in [5, 5.41) is 0.413. The molecule has 0 unspecified atom stereocenters. The molecule has 2 fully saturated rings. The monoisotopic (exact) mass is 423 g/mol. The largest absolute Gasteiger partial charge is 0.378 e. The first kappa shape index (κ1) is 19.4. The lowest BCUT2D eigenvalue weighted by atomic mass is 10.3. The Morgan fingerprint density at radius 2 is 1.71 bits per heavy atom. The fourth-order valence-electron chi connectivity index (χ4n) is 3.37. The Hall–Kier alpha value is -1.94. The molecule has 0 radical (unpaired) electrons. The molecule has 3 heterocycles. The van der Waals surface area contributed by atoms with E-state index in [2.05, 4.69) is 19.8 Å². The van der Waals surface area contributed by atoms with Gasteiger partial charge in [-0.25, -0.2) is 13.4 Å². The first-order chi connectivity index (χ1) is 13.5. The van der Waals surface area contributed by atoms with Crippen LogP contribution in [0.1, 0.15) is 0 Å². The van der Waals surface area contributed by atoms with Crippen LogP contribution in [0, 0.1) is 0 Å². The Balaban J connectivity index is 1.44. The number of rotatable bonds is 4. The molecule has 0 amide bonds. The van der Waals surface area contributed by atoms with Gasteiger partial charge in [0.05, 0.1) is 18.1 Å². The van der Waals surface area contributed by atoms with Gasteiger partial charge in [0.15, 0.2) is 0 Å². The Morgan fingerprint density at radius 1 is 0.964 bits per heavy atom. The van der Waals surface area contributed by atoms with Crippen molar-refractivity contribution in [2.24, 2.45) is 0 Å². The van der Waals surface area contributed by atoms with Crippen LogP contribution in [0.4, 0.5) is 11.8 Å². The second-order valence-electron chi connectivity index (χ2n) is 6.66. The molecule has 8 nitrogen and oxygen atoms in total. The van der Waals surface area contributed by atoms with E-state index in [4.69, 9.17) is 16.3 Å². The highest BCUT2D eigenvalue weighted by Gasteiger charge is 2.29. The van der Waals surface area contributed by atoms with Gasteiger partial charge >= 0.3 is 0 Å². The molecule has 10 heteroatoms. The van der Waals surface area contributed by atoms with E-state index in [1.54, 1.807) is 24.4 Å². The third-order valence-electron chi connectivity index (χ3n) is 4.92. The van der Waals surface area contributed by atoms with Crippen LogP contribution in [0.2, 0.25) is 5.02 Å². The van der Waals surface area contributed by atoms with Crippen molar-refractivity contribution in [3.8, 4) is 0 Å². The zero-order valence-corrected chi connectivity index (χ0v) is 16.9. The summed E-state index contributed by atoms with van der Waals surface area (Å²) in [5.41, 5.74) is 0. The zero-order chi connectivity index (χ0) is 19.6. The van der Waals surface area contributed by atoms with Crippen molar-refractivity contribution in [2.45, 2.75) is 4.90 Å². The van der Waals surface area contributed by atoms with E-state index in [0.717, 1.165) is 18.9 Å². The minimum absolute atomic E-state index is 0.227. The van der Waals surface area contributed by atoms with Crippen LogP contribution < -0.4 is 9.80 Å². The van der Waals surface area contributed by atoms with Crippen molar-refractivity contribution in [1.82, 2.24) is 14.3 Å². The van der Waals surface area contributed by atoms with Crippen LogP contribution in [-0.4, -0.2) is 75.2 Å². The topological polar surface area (TPSA) is 78.9 Å². The molecule has 4 rings (SSSR count). The van der Waals surface area contributed by atoms with Crippen LogP contribution in [0.15, 0.2) is 41.4 Å². The van der Waals surface area contributed by atoms with Crippen LogP contribution in [-0.2, 0) is 14.8 Å². The maximum absolute atomic E-state index is 12.8. The minimum Gasteiger partial charge on any atom is -0.378 e. The van der Waals surface area contributed by atoms with Gasteiger partial charge in [-0.1, -0.05) is 17.7 Å². The van der Waals surface area contributed by atoms with E-state index in [9.17, 15) is 8.42 Å². The van der Waals surface area contributed by atoms with Crippen molar-refractivity contribution in [3.05, 3.63) is 41.6 Å². The molecule has 0 spiro atoms. The summed E-state index contributed by atoms with van der Waals surface area (Å²) in [5.74, 6) is 1.51. The second kappa shape index (κ2) is 8.20. The Kier molecular flexibility index (Phi) is 5.68. The molecule has 1 aromatic carbocycles. The standard InChI is InChI=1S/C18H22ClN5O3S/c19-15-2-1-3-16(14-15)28(25,26)24-8-6-22(7-9-24)17-4-5-20-18(21-17)23-10-12-27-13-11-23/h1-5,14H,6-13H2. The number of aromatic nitrogens is 2. The van der Waals surface area contributed by atoms with Gasteiger partial charge in [0.2, 0.25) is 16.0 Å². The van der Waals surface area contributed by atoms with Crippen LogP contribution in [0.25, 0.3) is 0 Å². The van der Waals surface area contributed by atoms with Gasteiger partial charge in [-0.3, -0.25) is 0 Å². The third kappa shape index (κ3) is 4.07. The first-order valence-electron chi connectivity index (χ1n) is 9.20. The quantitative estimate of drug-likeness (QED) is 0.736. The average molecular weight is 424 g/mol. The first-order valence-corrected chi connectivity index (χ1v) is 11.0. The number of sulfonamides is 1. The summed E-state index contributed by atoms with van der Waals surface area (Å²) in [6.07, 6.45) is 1.75. The zero-order valence-electron chi connectivity index (χ0n) is 15.4. The Bertz CT molecular complexity index is 928. The van der Waals surface area contributed by atoms with Gasteiger partial charge in [0, 0.05) is 50.5 Å². The molecule has 2 aliphatic rings. The Morgan fingerprint density at radius 3 is 2.43 bits per heavy atom. The highest BCUT2D eigenvalue weighted by Crippen LogP contribution is 2.23. The van der Waals surface area contributed by atoms with Gasteiger partial charge in [-0.05, 0) is 24.3 Å². The molecule has 0 N–H and O–H groups in total. The summed E-state index contributed by atoms with van der Waals surface area (Å²) in [4.78, 5) is 13.5. The number of hydrogen-bond donors (Lipinski definition) is 0. The summed E-state index contributed by atoms with van der Waals surface area (Å²) in [6.45, 7) is 4.82. The second-order valence-corrected chi connectivity index (χ2v) is 9.04. The van der Waals surface area contributed by atoms with Gasteiger partial charge in [0.1, 0.15) is 5.82 Å². The predicted octanol–water partition coefficient (Wildman–Crippen LogP) is 1.48. The van der Waals surface area contributed by atoms with Crippen LogP contribution >= 0.6 is 11.6 Å². The SMILES string of the molecule is O=S(=O)(c1cccc(Cl)c1)N1CCN(c2ccnc(N3CCOCC3)n2)CC1. The van der Waals surface area contributed by atoms with Crippen molar-refractivity contribution >= 4 is 33.4 Å². The van der Waals surface area contributed by atoms with Gasteiger partial charge in [0.25, 0.3) is 0 Å². The number of nitrogens with zero attached hydrogens (tertiary/aromatic N) is 5. The maximum atomic E-state index is 12.8. The van der Waals surface area contributed by atoms with E-state index in [1.807, 2.05) is 6.07 Å². The van der Waals surface area contributed by atoms with Gasteiger partial charge in [-0.15, -0.1) is 0 Å². The van der Waals surface area contributed by atoms with Gasteiger partial charge in [-0.2, -0.15) is 9.29 Å². The van der Waals surface area contributed by atoms with E-state index in [-0.39, 0.29) is 4.90 Å². The van der Waals surface area contributed by atoms with Crippen molar-refractivity contribution < 1.29 is 13.2 Å². The predicted molar refractivity (Wildman–Crippen MR) is 107 cm³/mol. The number of morpholine rings is 1. The molecule has 0 saturated carbocycles. The normalized spacial score (nSPS) is 19.0. The van der Waals surface area contributed by atoms with Crippen molar-refractivity contribution in [1.29, 1.82) is 0 Å². The van der Waals surface area contributed by atoms with E-state index in [0.29, 0.717) is 50.4 Å². The highest BCUT2D eigenvalue weighted by molar-refractivity contribution is 7.89. The number of piperazine rings is 1. The molecule has 2 saturated heterocycles. The summed E-state index contributed by atoms with van der Waals surface area (Å²) < 4.78 is 32.6. The summed E-state index contributed by atoms with van der Waals surface area (Å²) in [7, 11) is -3.55. The van der Waals surface area contributed by atoms with E-state index in [1.165, 1.54) is 10.4 Å². The fraction of sp³-hybridized carbons (Fsp3) is 0.444. The van der Waals surface area contributed by atoms with Crippen LogP contribution in [0.5, 0.6) is 0 Å². The molecule has 2 aromatic rings. The van der Waals surface area contributed by atoms with Crippen molar-refractivity contribution in [3.63, 3.8) is 0 Å². The van der Waals surface area contributed by atoms with Gasteiger partial charge < -0.3 is 14.5 Å². The smallest absolute Gasteiger partial charge is 0.243 e. The van der Waals surface area contributed by atoms with E-state index >= 15 is 0 Å². The summed E-state index contributed by atoms with van der Waals surface area (Å²) >= 11 is 5.95.